The summed E-state index contributed by atoms with van der Waals surface area (Å²) in [7, 11) is 0. The number of rotatable bonds is 2. The van der Waals surface area contributed by atoms with Crippen molar-refractivity contribution in [3.63, 3.8) is 0 Å². The predicted molar refractivity (Wildman–Crippen MR) is 71.2 cm³/mol. The molecule has 1 aromatic rings. The van der Waals surface area contributed by atoms with Crippen LogP contribution in [0.2, 0.25) is 0 Å². The molecule has 0 saturated carbocycles. The summed E-state index contributed by atoms with van der Waals surface area (Å²) in [5, 5.41) is 7.60. The van der Waals surface area contributed by atoms with Crippen molar-refractivity contribution >= 4 is 27.5 Å². The Kier molecular flexibility index (Phi) is 3.19. The number of nitrogens with one attached hydrogen (secondary N) is 1. The topological polar surface area (TPSA) is 53.1 Å². The Bertz CT molecular complexity index is 417. The number of amidine groups is 1. The van der Waals surface area contributed by atoms with Crippen molar-refractivity contribution < 1.29 is 0 Å². The third-order valence-corrected chi connectivity index (χ3v) is 3.51. The summed E-state index contributed by atoms with van der Waals surface area (Å²) in [6, 6.07) is 5.89. The van der Waals surface area contributed by atoms with E-state index in [9.17, 15) is 0 Å². The molecule has 0 spiro atoms. The highest BCUT2D eigenvalue weighted by Gasteiger charge is 2.21. The zero-order chi connectivity index (χ0) is 11.7. The monoisotopic (exact) mass is 281 g/mol. The Labute approximate surface area is 104 Å². The molecular weight excluding hydrogens is 266 g/mol. The molecule has 3 nitrogen and oxygen atoms in total. The van der Waals surface area contributed by atoms with Crippen molar-refractivity contribution in [1.82, 2.24) is 0 Å². The maximum absolute atomic E-state index is 7.60. The van der Waals surface area contributed by atoms with Gasteiger partial charge in [0.25, 0.3) is 0 Å². The van der Waals surface area contributed by atoms with Crippen LogP contribution in [-0.2, 0) is 0 Å². The molecule has 1 aliphatic rings. The highest BCUT2D eigenvalue weighted by molar-refractivity contribution is 9.10. The van der Waals surface area contributed by atoms with Crippen LogP contribution in [0.4, 0.5) is 5.69 Å². The van der Waals surface area contributed by atoms with Gasteiger partial charge in [0.15, 0.2) is 0 Å². The van der Waals surface area contributed by atoms with Crippen LogP contribution in [0.25, 0.3) is 0 Å². The van der Waals surface area contributed by atoms with Crippen LogP contribution in [0.1, 0.15) is 18.9 Å². The minimum atomic E-state index is 0.141. The molecule has 1 aliphatic heterocycles. The van der Waals surface area contributed by atoms with Gasteiger partial charge in [-0.25, -0.2) is 0 Å². The van der Waals surface area contributed by atoms with Gasteiger partial charge in [0.05, 0.1) is 0 Å². The van der Waals surface area contributed by atoms with Crippen molar-refractivity contribution in [3.8, 4) is 0 Å². The van der Waals surface area contributed by atoms with Crippen LogP contribution in [0, 0.1) is 11.3 Å². The summed E-state index contributed by atoms with van der Waals surface area (Å²) in [4.78, 5) is 2.31. The van der Waals surface area contributed by atoms with Crippen LogP contribution in [0.3, 0.4) is 0 Å². The molecule has 0 aromatic heterocycles. The summed E-state index contributed by atoms with van der Waals surface area (Å²) in [5.74, 6) is 0.862. The molecule has 1 atom stereocenters. The summed E-state index contributed by atoms with van der Waals surface area (Å²) < 4.78 is 1.03. The second-order valence-electron chi connectivity index (χ2n) is 4.42. The average Bonchev–Trinajstić information content (AvgIpc) is 2.64. The van der Waals surface area contributed by atoms with Crippen molar-refractivity contribution in [2.45, 2.75) is 13.3 Å². The largest absolute Gasteiger partial charge is 0.384 e. The summed E-state index contributed by atoms with van der Waals surface area (Å²) >= 11 is 3.47. The second-order valence-corrected chi connectivity index (χ2v) is 5.33. The van der Waals surface area contributed by atoms with E-state index in [4.69, 9.17) is 11.1 Å². The quantitative estimate of drug-likeness (QED) is 0.647. The van der Waals surface area contributed by atoms with Gasteiger partial charge in [-0.2, -0.15) is 0 Å². The van der Waals surface area contributed by atoms with Crippen molar-refractivity contribution in [2.75, 3.05) is 18.0 Å². The number of nitrogens with zero attached hydrogens (tertiary/aromatic N) is 1. The molecule has 0 radical (unpaired) electrons. The fraction of sp³-hybridized carbons (Fsp3) is 0.417. The van der Waals surface area contributed by atoms with Gasteiger partial charge in [-0.3, -0.25) is 5.41 Å². The smallest absolute Gasteiger partial charge is 0.124 e. The van der Waals surface area contributed by atoms with E-state index in [0.717, 1.165) is 34.7 Å². The van der Waals surface area contributed by atoms with E-state index >= 15 is 0 Å². The minimum Gasteiger partial charge on any atom is -0.384 e. The number of anilines is 1. The maximum atomic E-state index is 7.60. The van der Waals surface area contributed by atoms with Gasteiger partial charge in [0.2, 0.25) is 0 Å². The zero-order valence-electron chi connectivity index (χ0n) is 9.33. The predicted octanol–water partition coefficient (Wildman–Crippen LogP) is 2.58. The number of hydrogen-bond donors (Lipinski definition) is 2. The third-order valence-electron chi connectivity index (χ3n) is 3.01. The van der Waals surface area contributed by atoms with Crippen LogP contribution in [-0.4, -0.2) is 18.9 Å². The van der Waals surface area contributed by atoms with Crippen molar-refractivity contribution in [2.24, 2.45) is 11.7 Å². The fourth-order valence-corrected chi connectivity index (χ4v) is 2.50. The summed E-state index contributed by atoms with van der Waals surface area (Å²) in [5.41, 5.74) is 7.51. The lowest BCUT2D eigenvalue weighted by atomic mass is 10.1. The number of halogens is 1. The van der Waals surface area contributed by atoms with Gasteiger partial charge >= 0.3 is 0 Å². The highest BCUT2D eigenvalue weighted by atomic mass is 79.9. The molecule has 1 aromatic carbocycles. The van der Waals surface area contributed by atoms with Crippen LogP contribution >= 0.6 is 15.9 Å². The van der Waals surface area contributed by atoms with E-state index in [0.29, 0.717) is 0 Å². The standard InChI is InChI=1S/C12H16BrN3/c1-8-4-5-16(7-8)11-6-9(13)2-3-10(11)12(14)15/h2-3,6,8H,4-5,7H2,1H3,(H3,14,15). The van der Waals surface area contributed by atoms with Crippen LogP contribution in [0.5, 0.6) is 0 Å². The molecule has 1 saturated heterocycles. The Morgan fingerprint density at radius 1 is 1.56 bits per heavy atom. The second kappa shape index (κ2) is 4.45. The molecule has 16 heavy (non-hydrogen) atoms. The zero-order valence-corrected chi connectivity index (χ0v) is 10.9. The Morgan fingerprint density at radius 3 is 2.88 bits per heavy atom. The van der Waals surface area contributed by atoms with Gasteiger partial charge in [0, 0.05) is 28.8 Å². The summed E-state index contributed by atoms with van der Waals surface area (Å²) in [6.45, 7) is 4.36. The minimum absolute atomic E-state index is 0.141. The van der Waals surface area contributed by atoms with Crippen LogP contribution < -0.4 is 10.6 Å². The molecule has 86 valence electrons. The molecule has 1 unspecified atom stereocenters. The van der Waals surface area contributed by atoms with E-state index in [2.05, 4.69) is 33.8 Å². The van der Waals surface area contributed by atoms with Crippen molar-refractivity contribution in [1.29, 1.82) is 5.41 Å². The van der Waals surface area contributed by atoms with Crippen LogP contribution in [0.15, 0.2) is 22.7 Å². The van der Waals surface area contributed by atoms with Gasteiger partial charge in [-0.15, -0.1) is 0 Å². The lowest BCUT2D eigenvalue weighted by Crippen LogP contribution is -2.23. The SMILES string of the molecule is CC1CCN(c2cc(Br)ccc2C(=N)N)C1. The lowest BCUT2D eigenvalue weighted by molar-refractivity contribution is 0.659. The number of nitrogens with two attached hydrogens (primary N) is 1. The molecule has 3 N–H and O–H groups in total. The molecule has 2 rings (SSSR count). The first-order valence-electron chi connectivity index (χ1n) is 5.47. The Morgan fingerprint density at radius 2 is 2.31 bits per heavy atom. The number of hydrogen-bond acceptors (Lipinski definition) is 2. The molecule has 4 heteroatoms. The number of nitrogen functional groups attached to an aromatic ring is 1. The molecule has 1 heterocycles. The van der Waals surface area contributed by atoms with Gasteiger partial charge in [0.1, 0.15) is 5.84 Å². The lowest BCUT2D eigenvalue weighted by Gasteiger charge is -2.21. The normalized spacial score (nSPS) is 20.1. The van der Waals surface area contributed by atoms with E-state index in [1.165, 1.54) is 6.42 Å². The summed E-state index contributed by atoms with van der Waals surface area (Å²) in [6.07, 6.45) is 1.21. The van der Waals surface area contributed by atoms with Gasteiger partial charge < -0.3 is 10.6 Å². The van der Waals surface area contributed by atoms with E-state index < -0.39 is 0 Å². The molecule has 0 aliphatic carbocycles. The molecule has 0 bridgehead atoms. The fourth-order valence-electron chi connectivity index (χ4n) is 2.15. The van der Waals surface area contributed by atoms with E-state index in [1.54, 1.807) is 0 Å². The van der Waals surface area contributed by atoms with E-state index in [-0.39, 0.29) is 5.84 Å². The van der Waals surface area contributed by atoms with E-state index in [1.807, 2.05) is 12.1 Å². The van der Waals surface area contributed by atoms with Crippen molar-refractivity contribution in [3.05, 3.63) is 28.2 Å². The Hall–Kier alpha value is -1.03. The molecule has 0 amide bonds. The first kappa shape index (κ1) is 11.5. The van der Waals surface area contributed by atoms with Gasteiger partial charge in [-0.1, -0.05) is 22.9 Å². The third kappa shape index (κ3) is 2.21. The highest BCUT2D eigenvalue weighted by Crippen LogP contribution is 2.29. The average molecular weight is 282 g/mol. The molecule has 1 fully saturated rings. The maximum Gasteiger partial charge on any atom is 0.124 e. The first-order valence-corrected chi connectivity index (χ1v) is 6.26. The van der Waals surface area contributed by atoms with Gasteiger partial charge in [-0.05, 0) is 30.5 Å². The first-order chi connectivity index (χ1) is 7.58. The Balaban J connectivity index is 2.37. The number of benzene rings is 1. The molecular formula is C12H16BrN3.